The van der Waals surface area contributed by atoms with Gasteiger partial charge in [-0.3, -0.25) is 0 Å². The molecule has 116 valence electrons. The minimum absolute atomic E-state index is 0.0137. The van der Waals surface area contributed by atoms with Gasteiger partial charge < -0.3 is 15.3 Å². The van der Waals surface area contributed by atoms with E-state index in [-0.39, 0.29) is 5.89 Å². The van der Waals surface area contributed by atoms with Gasteiger partial charge in [0.05, 0.1) is 6.20 Å². The molecule has 0 spiro atoms. The van der Waals surface area contributed by atoms with Gasteiger partial charge in [0.25, 0.3) is 0 Å². The third kappa shape index (κ3) is 2.57. The average molecular weight is 326 g/mol. The number of anilines is 1. The van der Waals surface area contributed by atoms with Crippen LogP contribution in [0.4, 0.5) is 5.69 Å². The lowest BCUT2D eigenvalue weighted by molar-refractivity contribution is -0.139. The Morgan fingerprint density at radius 3 is 2.52 bits per heavy atom. The van der Waals surface area contributed by atoms with Crippen molar-refractivity contribution in [2.75, 3.05) is 5.73 Å². The Hall–Kier alpha value is -2.73. The molecule has 3 aromatic rings. The van der Waals surface area contributed by atoms with Gasteiger partial charge in [0, 0.05) is 11.3 Å². The number of benzene rings is 2. The van der Waals surface area contributed by atoms with Gasteiger partial charge in [0.15, 0.2) is 0 Å². The maximum atomic E-state index is 11.8. The Morgan fingerprint density at radius 2 is 1.96 bits per heavy atom. The molecule has 0 bridgehead atoms. The molecule has 0 radical (unpaired) electrons. The molecule has 0 fully saturated rings. The minimum Gasteiger partial charge on any atom is -0.480 e. The lowest BCUT2D eigenvalue weighted by Gasteiger charge is -2.21. The number of carbonyl (C=O) groups is 1. The predicted molar refractivity (Wildman–Crippen MR) is 90.2 cm³/mol. The fourth-order valence-electron chi connectivity index (χ4n) is 2.41. The van der Waals surface area contributed by atoms with Crippen LogP contribution >= 0.6 is 12.6 Å². The summed E-state index contributed by atoms with van der Waals surface area (Å²) < 4.78 is 3.46. The van der Waals surface area contributed by atoms with Crippen molar-refractivity contribution in [3.8, 4) is 11.1 Å². The van der Waals surface area contributed by atoms with Crippen molar-refractivity contribution in [3.05, 3.63) is 72.4 Å². The van der Waals surface area contributed by atoms with Gasteiger partial charge in [-0.2, -0.15) is 0 Å². The molecule has 3 N–H and O–H groups in total. The summed E-state index contributed by atoms with van der Waals surface area (Å²) in [5, 5.41) is 9.62. The molecule has 5 nitrogen and oxygen atoms in total. The molecule has 1 atom stereocenters. The maximum absolute atomic E-state index is 11.8. The molecule has 1 heterocycles. The number of carboxylic acids is 1. The highest BCUT2D eigenvalue weighted by Gasteiger charge is 2.43. The smallest absolute Gasteiger partial charge is 0.333 e. The van der Waals surface area contributed by atoms with Gasteiger partial charge in [0.1, 0.15) is 6.26 Å². The van der Waals surface area contributed by atoms with Crippen LogP contribution in [0.3, 0.4) is 0 Å². The number of nitrogens with two attached hydrogens (primary N) is 1. The molecule has 0 saturated carbocycles. The first-order chi connectivity index (χ1) is 11.0. The van der Waals surface area contributed by atoms with Crippen LogP contribution in [0.2, 0.25) is 0 Å². The van der Waals surface area contributed by atoms with Crippen molar-refractivity contribution in [2.24, 2.45) is 0 Å². The van der Waals surface area contributed by atoms with E-state index in [0.717, 1.165) is 11.1 Å². The number of thiol groups is 1. The van der Waals surface area contributed by atoms with Crippen LogP contribution < -0.4 is 5.73 Å². The quantitative estimate of drug-likeness (QED) is 0.506. The molecular weight excluding hydrogens is 312 g/mol. The van der Waals surface area contributed by atoms with Crippen molar-refractivity contribution in [3.63, 3.8) is 0 Å². The van der Waals surface area contributed by atoms with E-state index in [1.165, 1.54) is 12.5 Å². The van der Waals surface area contributed by atoms with Gasteiger partial charge in [-0.1, -0.05) is 42.5 Å². The van der Waals surface area contributed by atoms with E-state index < -0.39 is 10.7 Å². The van der Waals surface area contributed by atoms with E-state index in [1.807, 2.05) is 30.3 Å². The van der Waals surface area contributed by atoms with Crippen LogP contribution in [0.15, 0.2) is 65.4 Å². The van der Waals surface area contributed by atoms with Gasteiger partial charge in [-0.25, -0.2) is 9.78 Å². The molecule has 0 aliphatic heterocycles. The number of carboxylic acid groups (broad SMARTS) is 1. The second-order valence-electron chi connectivity index (χ2n) is 5.02. The van der Waals surface area contributed by atoms with E-state index in [9.17, 15) is 9.90 Å². The van der Waals surface area contributed by atoms with Crippen molar-refractivity contribution >= 4 is 24.3 Å². The Balaban J connectivity index is 2.10. The number of nitrogen functional groups attached to an aromatic ring is 1. The van der Waals surface area contributed by atoms with E-state index >= 15 is 0 Å². The molecule has 1 unspecified atom stereocenters. The number of hydrogen-bond donors (Lipinski definition) is 3. The van der Waals surface area contributed by atoms with Crippen LogP contribution in [0, 0.1) is 0 Å². The molecular formula is C17H14N2O3S. The Bertz CT molecular complexity index is 834. The zero-order valence-corrected chi connectivity index (χ0v) is 12.9. The first kappa shape index (κ1) is 15.2. The summed E-state index contributed by atoms with van der Waals surface area (Å²) in [5.74, 6) is -1.20. The average Bonchev–Trinajstić information content (AvgIpc) is 3.09. The molecule has 0 amide bonds. The van der Waals surface area contributed by atoms with E-state index in [1.54, 1.807) is 18.2 Å². The van der Waals surface area contributed by atoms with Crippen molar-refractivity contribution in [1.29, 1.82) is 0 Å². The summed E-state index contributed by atoms with van der Waals surface area (Å²) in [7, 11) is 0. The summed E-state index contributed by atoms with van der Waals surface area (Å²) in [6, 6.07) is 14.6. The van der Waals surface area contributed by atoms with Crippen molar-refractivity contribution in [2.45, 2.75) is 4.75 Å². The zero-order chi connectivity index (χ0) is 16.4. The van der Waals surface area contributed by atoms with E-state index in [0.29, 0.717) is 11.3 Å². The van der Waals surface area contributed by atoms with Crippen LogP contribution in [0.1, 0.15) is 11.5 Å². The molecule has 0 aliphatic carbocycles. The maximum Gasteiger partial charge on any atom is 0.333 e. The van der Waals surface area contributed by atoms with E-state index in [4.69, 9.17) is 10.2 Å². The van der Waals surface area contributed by atoms with Crippen LogP contribution in [0.5, 0.6) is 0 Å². The van der Waals surface area contributed by atoms with Gasteiger partial charge in [-0.05, 0) is 17.2 Å². The monoisotopic (exact) mass is 326 g/mol. The fraction of sp³-hybridized carbons (Fsp3) is 0.0588. The first-order valence-corrected chi connectivity index (χ1v) is 7.29. The molecule has 3 rings (SSSR count). The lowest BCUT2D eigenvalue weighted by Crippen LogP contribution is -2.31. The number of aliphatic carboxylic acids is 1. The van der Waals surface area contributed by atoms with Crippen molar-refractivity contribution < 1.29 is 14.3 Å². The second kappa shape index (κ2) is 5.81. The van der Waals surface area contributed by atoms with Crippen molar-refractivity contribution in [1.82, 2.24) is 4.98 Å². The summed E-state index contributed by atoms with van der Waals surface area (Å²) in [6.07, 6.45) is 2.69. The highest BCUT2D eigenvalue weighted by molar-refractivity contribution is 7.82. The third-order valence-electron chi connectivity index (χ3n) is 3.61. The summed E-state index contributed by atoms with van der Waals surface area (Å²) in [6.45, 7) is 0. The molecule has 0 saturated heterocycles. The Kier molecular flexibility index (Phi) is 3.83. The molecule has 6 heteroatoms. The largest absolute Gasteiger partial charge is 0.480 e. The Labute approximate surface area is 138 Å². The standard InChI is InChI=1S/C17H14N2O3S/c18-14-10-12(6-7-13(14)11-4-2-1-3-5-11)17(23,16(20)21)15-19-8-9-22-15/h1-10,23H,18H2,(H,20,21). The van der Waals surface area contributed by atoms with Crippen LogP contribution in [0.25, 0.3) is 11.1 Å². The lowest BCUT2D eigenvalue weighted by atomic mass is 9.94. The van der Waals surface area contributed by atoms with Gasteiger partial charge in [-0.15, -0.1) is 12.6 Å². The van der Waals surface area contributed by atoms with Gasteiger partial charge in [0.2, 0.25) is 10.6 Å². The number of hydrogen-bond acceptors (Lipinski definition) is 5. The van der Waals surface area contributed by atoms with Crippen LogP contribution in [-0.4, -0.2) is 16.1 Å². The predicted octanol–water partition coefficient (Wildman–Crippen LogP) is 3.18. The number of rotatable bonds is 4. The number of aromatic nitrogens is 1. The number of nitrogens with zero attached hydrogens (tertiary/aromatic N) is 1. The Morgan fingerprint density at radius 1 is 1.22 bits per heavy atom. The summed E-state index contributed by atoms with van der Waals surface area (Å²) >= 11 is 4.32. The minimum atomic E-state index is -1.70. The van der Waals surface area contributed by atoms with E-state index in [2.05, 4.69) is 17.6 Å². The zero-order valence-electron chi connectivity index (χ0n) is 12.0. The van der Waals surface area contributed by atoms with Crippen LogP contribution in [-0.2, 0) is 9.54 Å². The molecule has 2 aromatic carbocycles. The summed E-state index contributed by atoms with van der Waals surface area (Å²) in [5.41, 5.74) is 8.74. The van der Waals surface area contributed by atoms with Gasteiger partial charge >= 0.3 is 5.97 Å². The third-order valence-corrected chi connectivity index (χ3v) is 4.25. The molecule has 23 heavy (non-hydrogen) atoms. The SMILES string of the molecule is Nc1cc(C(S)(C(=O)O)c2ncco2)ccc1-c1ccccc1. The molecule has 0 aliphatic rings. The number of oxazole rings is 1. The normalized spacial score (nSPS) is 13.4. The highest BCUT2D eigenvalue weighted by atomic mass is 32.1. The second-order valence-corrected chi connectivity index (χ2v) is 5.69. The first-order valence-electron chi connectivity index (χ1n) is 6.84. The highest BCUT2D eigenvalue weighted by Crippen LogP contribution is 2.38. The topological polar surface area (TPSA) is 89.4 Å². The fourth-order valence-corrected chi connectivity index (χ4v) is 2.66. The summed E-state index contributed by atoms with van der Waals surface area (Å²) in [4.78, 5) is 15.7. The molecule has 1 aromatic heterocycles.